The first-order valence-corrected chi connectivity index (χ1v) is 7.84. The maximum Gasteiger partial charge on any atom is 0.251 e. The van der Waals surface area contributed by atoms with Gasteiger partial charge in [-0.1, -0.05) is 11.3 Å². The lowest BCUT2D eigenvalue weighted by molar-refractivity contribution is -0.121. The van der Waals surface area contributed by atoms with Crippen molar-refractivity contribution in [3.8, 4) is 0 Å². The lowest BCUT2D eigenvalue weighted by atomic mass is 10.2. The minimum atomic E-state index is -0.221. The number of fused-ring (bicyclic) bond motifs is 1. The number of imide groups is 1. The number of nitrogens with one attached hydrogen (secondary N) is 1. The van der Waals surface area contributed by atoms with E-state index in [-0.39, 0.29) is 36.6 Å². The Labute approximate surface area is 131 Å². The summed E-state index contributed by atoms with van der Waals surface area (Å²) in [5.41, 5.74) is 1.21. The minimum absolute atomic E-state index is 0.0556. The summed E-state index contributed by atoms with van der Waals surface area (Å²) in [6.07, 6.45) is 0.466. The first kappa shape index (κ1) is 14.6. The van der Waals surface area contributed by atoms with E-state index in [1.165, 1.54) is 11.3 Å². The summed E-state index contributed by atoms with van der Waals surface area (Å²) >= 11 is 1.25. The van der Waals surface area contributed by atoms with E-state index in [0.29, 0.717) is 16.2 Å². The molecule has 1 saturated heterocycles. The molecule has 3 amide bonds. The lowest BCUT2D eigenvalue weighted by Crippen LogP contribution is -2.29. The van der Waals surface area contributed by atoms with Gasteiger partial charge in [-0.2, -0.15) is 0 Å². The first-order chi connectivity index (χ1) is 10.5. The van der Waals surface area contributed by atoms with Crippen molar-refractivity contribution < 1.29 is 14.4 Å². The third kappa shape index (κ3) is 2.59. The van der Waals surface area contributed by atoms with Gasteiger partial charge in [-0.25, -0.2) is 9.88 Å². The van der Waals surface area contributed by atoms with E-state index in [9.17, 15) is 14.4 Å². The summed E-state index contributed by atoms with van der Waals surface area (Å²) in [7, 11) is 0. The van der Waals surface area contributed by atoms with E-state index < -0.39 is 0 Å². The van der Waals surface area contributed by atoms with E-state index in [1.54, 1.807) is 18.2 Å². The Hall–Kier alpha value is -2.28. The number of carbonyl (C=O) groups is 3. The van der Waals surface area contributed by atoms with Gasteiger partial charge in [0.15, 0.2) is 5.13 Å². The molecule has 22 heavy (non-hydrogen) atoms. The molecule has 1 aromatic heterocycles. The second kappa shape index (κ2) is 5.49. The zero-order chi connectivity index (χ0) is 15.9. The second-order valence-corrected chi connectivity index (χ2v) is 6.44. The molecule has 0 aliphatic carbocycles. The quantitative estimate of drug-likeness (QED) is 0.879. The number of rotatable bonds is 3. The molecule has 2 aromatic rings. The zero-order valence-corrected chi connectivity index (χ0v) is 13.1. The molecular weight excluding hydrogens is 302 g/mol. The van der Waals surface area contributed by atoms with Gasteiger partial charge in [-0.15, -0.1) is 0 Å². The number of amides is 3. The van der Waals surface area contributed by atoms with Crippen molar-refractivity contribution in [1.82, 2.24) is 10.3 Å². The Morgan fingerprint density at radius 1 is 1.27 bits per heavy atom. The number of nitrogens with zero attached hydrogens (tertiary/aromatic N) is 2. The molecule has 1 fully saturated rings. The number of thiazole rings is 1. The van der Waals surface area contributed by atoms with Gasteiger partial charge in [0.2, 0.25) is 11.8 Å². The molecule has 3 rings (SSSR count). The molecule has 1 aliphatic rings. The number of aromatic nitrogens is 1. The molecule has 114 valence electrons. The van der Waals surface area contributed by atoms with Crippen molar-refractivity contribution in [3.63, 3.8) is 0 Å². The van der Waals surface area contributed by atoms with Gasteiger partial charge in [-0.05, 0) is 32.0 Å². The summed E-state index contributed by atoms with van der Waals surface area (Å²) < 4.78 is 0.777. The second-order valence-electron chi connectivity index (χ2n) is 5.43. The maximum atomic E-state index is 12.0. The van der Waals surface area contributed by atoms with E-state index in [1.807, 2.05) is 13.8 Å². The molecule has 6 nitrogen and oxygen atoms in total. The lowest BCUT2D eigenvalue weighted by Gasteiger charge is -2.07. The molecular formula is C15H15N3O3S. The molecule has 1 aliphatic heterocycles. The summed E-state index contributed by atoms with van der Waals surface area (Å²) in [6.45, 7) is 3.79. The van der Waals surface area contributed by atoms with Crippen LogP contribution in [0.5, 0.6) is 0 Å². The topological polar surface area (TPSA) is 79.4 Å². The van der Waals surface area contributed by atoms with Gasteiger partial charge < -0.3 is 5.32 Å². The van der Waals surface area contributed by atoms with Crippen LogP contribution < -0.4 is 10.2 Å². The third-order valence-corrected chi connectivity index (χ3v) is 4.31. The highest BCUT2D eigenvalue weighted by Gasteiger charge is 2.32. The van der Waals surface area contributed by atoms with Gasteiger partial charge in [0, 0.05) is 24.4 Å². The molecule has 0 saturated carbocycles. The number of benzene rings is 1. The molecule has 7 heteroatoms. The van der Waals surface area contributed by atoms with E-state index in [4.69, 9.17) is 0 Å². The fourth-order valence-corrected chi connectivity index (χ4v) is 3.32. The van der Waals surface area contributed by atoms with Crippen LogP contribution >= 0.6 is 11.3 Å². The van der Waals surface area contributed by atoms with Crippen LogP contribution in [0.4, 0.5) is 5.13 Å². The van der Waals surface area contributed by atoms with Gasteiger partial charge in [0.1, 0.15) is 0 Å². The van der Waals surface area contributed by atoms with Crippen LogP contribution in [0.25, 0.3) is 10.2 Å². The minimum Gasteiger partial charge on any atom is -0.350 e. The molecule has 1 N–H and O–H groups in total. The Kier molecular flexibility index (Phi) is 3.66. The van der Waals surface area contributed by atoms with Crippen LogP contribution in [-0.4, -0.2) is 28.7 Å². The van der Waals surface area contributed by atoms with Gasteiger partial charge in [0.25, 0.3) is 5.91 Å². The summed E-state index contributed by atoms with van der Waals surface area (Å²) in [5, 5.41) is 3.21. The highest BCUT2D eigenvalue weighted by atomic mass is 32.1. The van der Waals surface area contributed by atoms with Crippen LogP contribution in [0.3, 0.4) is 0 Å². The number of carbonyl (C=O) groups excluding carboxylic acids is 3. The zero-order valence-electron chi connectivity index (χ0n) is 12.3. The summed E-state index contributed by atoms with van der Waals surface area (Å²) in [4.78, 5) is 41.0. The average molecular weight is 317 g/mol. The highest BCUT2D eigenvalue weighted by Crippen LogP contribution is 2.32. The number of anilines is 1. The van der Waals surface area contributed by atoms with E-state index in [0.717, 1.165) is 9.60 Å². The highest BCUT2D eigenvalue weighted by molar-refractivity contribution is 7.22. The predicted octanol–water partition coefficient (Wildman–Crippen LogP) is 2.09. The Balaban J connectivity index is 1.95. The molecule has 0 spiro atoms. The number of hydrogen-bond donors (Lipinski definition) is 1. The molecule has 0 unspecified atom stereocenters. The largest absolute Gasteiger partial charge is 0.350 e. The fraction of sp³-hybridized carbons (Fsp3) is 0.333. The Morgan fingerprint density at radius 3 is 2.59 bits per heavy atom. The monoisotopic (exact) mass is 317 g/mol. The van der Waals surface area contributed by atoms with Crippen LogP contribution in [0.15, 0.2) is 18.2 Å². The van der Waals surface area contributed by atoms with Crippen LogP contribution in [-0.2, 0) is 9.59 Å². The van der Waals surface area contributed by atoms with Crippen LogP contribution in [0, 0.1) is 0 Å². The van der Waals surface area contributed by atoms with Crippen molar-refractivity contribution in [2.45, 2.75) is 32.7 Å². The molecule has 0 radical (unpaired) electrons. The van der Waals surface area contributed by atoms with Crippen molar-refractivity contribution in [2.24, 2.45) is 0 Å². The smallest absolute Gasteiger partial charge is 0.251 e. The normalized spacial score (nSPS) is 15.1. The standard InChI is InChI=1S/C15H15N3O3S/c1-8(2)16-14(21)9-3-4-10-11(7-9)22-15(17-10)18-12(19)5-6-13(18)20/h3-4,7-8H,5-6H2,1-2H3,(H,16,21). The average Bonchev–Trinajstić information content (AvgIpc) is 3.00. The molecule has 0 atom stereocenters. The SMILES string of the molecule is CC(C)NC(=O)c1ccc2nc(N3C(=O)CCC3=O)sc2c1. The van der Waals surface area contributed by atoms with Gasteiger partial charge in [0.05, 0.1) is 10.2 Å². The van der Waals surface area contributed by atoms with Crippen LogP contribution in [0.1, 0.15) is 37.0 Å². The van der Waals surface area contributed by atoms with Crippen molar-refractivity contribution in [2.75, 3.05) is 4.90 Å². The van der Waals surface area contributed by atoms with E-state index in [2.05, 4.69) is 10.3 Å². The van der Waals surface area contributed by atoms with Crippen molar-refractivity contribution in [3.05, 3.63) is 23.8 Å². The summed E-state index contributed by atoms with van der Waals surface area (Å²) in [6, 6.07) is 5.21. The molecule has 1 aromatic carbocycles. The first-order valence-electron chi connectivity index (χ1n) is 7.03. The van der Waals surface area contributed by atoms with Gasteiger partial charge in [-0.3, -0.25) is 14.4 Å². The van der Waals surface area contributed by atoms with Gasteiger partial charge >= 0.3 is 0 Å². The Morgan fingerprint density at radius 2 is 1.95 bits per heavy atom. The van der Waals surface area contributed by atoms with Crippen LogP contribution in [0.2, 0.25) is 0 Å². The third-order valence-electron chi connectivity index (χ3n) is 3.30. The fourth-order valence-electron chi connectivity index (χ4n) is 2.28. The maximum absolute atomic E-state index is 12.0. The molecule has 0 bridgehead atoms. The molecule has 2 heterocycles. The van der Waals surface area contributed by atoms with E-state index >= 15 is 0 Å². The van der Waals surface area contributed by atoms with Crippen molar-refractivity contribution in [1.29, 1.82) is 0 Å². The Bertz CT molecular complexity index is 765. The predicted molar refractivity (Wildman–Crippen MR) is 83.9 cm³/mol. The van der Waals surface area contributed by atoms with Crippen molar-refractivity contribution >= 4 is 44.4 Å². The summed E-state index contributed by atoms with van der Waals surface area (Å²) in [5.74, 6) is -0.594. The number of hydrogen-bond acceptors (Lipinski definition) is 5.